The summed E-state index contributed by atoms with van der Waals surface area (Å²) in [6.45, 7) is 0. The van der Waals surface area contributed by atoms with Crippen LogP contribution in [0.5, 0.6) is 0 Å². The highest BCUT2D eigenvalue weighted by molar-refractivity contribution is 5.71. The molecule has 17 heavy (non-hydrogen) atoms. The topological polar surface area (TPSA) is 56.7 Å². The molecule has 1 aliphatic carbocycles. The first-order valence-corrected chi connectivity index (χ1v) is 6.27. The third-order valence-electron chi connectivity index (χ3n) is 3.82. The maximum atomic E-state index is 6.53. The average Bonchev–Trinajstić information content (AvgIpc) is 2.69. The normalized spacial score (nSPS) is 19.6. The van der Waals surface area contributed by atoms with Crippen LogP contribution in [0.3, 0.4) is 0 Å². The first-order chi connectivity index (χ1) is 8.21. The summed E-state index contributed by atoms with van der Waals surface area (Å²) in [6.07, 6.45) is 7.56. The minimum Gasteiger partial charge on any atom is -0.319 e. The molecule has 0 atom stereocenters. The Morgan fingerprint density at radius 3 is 2.76 bits per heavy atom. The Morgan fingerprint density at radius 2 is 2.06 bits per heavy atom. The smallest absolute Gasteiger partial charge is 0.159 e. The average molecular weight is 230 g/mol. The van der Waals surface area contributed by atoms with Gasteiger partial charge < -0.3 is 10.3 Å². The molecule has 2 N–H and O–H groups in total. The Hall–Kier alpha value is -1.42. The molecule has 0 radical (unpaired) electrons. The van der Waals surface area contributed by atoms with E-state index in [9.17, 15) is 0 Å². The van der Waals surface area contributed by atoms with E-state index >= 15 is 0 Å². The second-order valence-corrected chi connectivity index (χ2v) is 5.06. The lowest BCUT2D eigenvalue weighted by Crippen LogP contribution is -2.41. The van der Waals surface area contributed by atoms with Crippen molar-refractivity contribution in [3.8, 4) is 0 Å². The van der Waals surface area contributed by atoms with Crippen LogP contribution in [0.1, 0.15) is 37.9 Å². The van der Waals surface area contributed by atoms with Crippen molar-refractivity contribution in [3.05, 3.63) is 24.2 Å². The van der Waals surface area contributed by atoms with Crippen LogP contribution in [0.4, 0.5) is 0 Å². The van der Waals surface area contributed by atoms with Gasteiger partial charge in [-0.25, -0.2) is 9.97 Å². The third-order valence-corrected chi connectivity index (χ3v) is 3.82. The molecule has 4 nitrogen and oxygen atoms in total. The van der Waals surface area contributed by atoms with Gasteiger partial charge in [-0.05, 0) is 25.0 Å². The first kappa shape index (κ1) is 10.7. The van der Waals surface area contributed by atoms with E-state index in [-0.39, 0.29) is 5.54 Å². The summed E-state index contributed by atoms with van der Waals surface area (Å²) in [5.41, 5.74) is 8.15. The Morgan fingerprint density at radius 1 is 1.29 bits per heavy atom. The van der Waals surface area contributed by atoms with E-state index in [4.69, 9.17) is 5.73 Å². The SMILES string of the molecule is Cn1c(C2(N)CCCCC2)nc2cccnc21. The van der Waals surface area contributed by atoms with Gasteiger partial charge in [0.05, 0.1) is 5.54 Å². The summed E-state index contributed by atoms with van der Waals surface area (Å²) in [6, 6.07) is 3.92. The van der Waals surface area contributed by atoms with E-state index in [2.05, 4.69) is 14.5 Å². The van der Waals surface area contributed by atoms with Crippen LogP contribution in [-0.2, 0) is 12.6 Å². The molecule has 0 bridgehead atoms. The zero-order valence-corrected chi connectivity index (χ0v) is 10.2. The lowest BCUT2D eigenvalue weighted by molar-refractivity contribution is 0.282. The van der Waals surface area contributed by atoms with Crippen molar-refractivity contribution in [1.82, 2.24) is 14.5 Å². The summed E-state index contributed by atoms with van der Waals surface area (Å²) >= 11 is 0. The van der Waals surface area contributed by atoms with Crippen LogP contribution in [0, 0.1) is 0 Å². The highest BCUT2D eigenvalue weighted by Gasteiger charge is 2.34. The van der Waals surface area contributed by atoms with Gasteiger partial charge >= 0.3 is 0 Å². The molecule has 1 saturated carbocycles. The second kappa shape index (κ2) is 3.81. The Labute approximate surface area is 101 Å². The van der Waals surface area contributed by atoms with Crippen molar-refractivity contribution >= 4 is 11.2 Å². The standard InChI is InChI=1S/C13H18N4/c1-17-11-10(6-5-9-15-11)16-12(17)13(14)7-3-2-4-8-13/h5-6,9H,2-4,7-8,14H2,1H3. The molecule has 4 heteroatoms. The highest BCUT2D eigenvalue weighted by atomic mass is 15.1. The fourth-order valence-electron chi connectivity index (χ4n) is 2.88. The summed E-state index contributed by atoms with van der Waals surface area (Å²) in [5, 5.41) is 0. The van der Waals surface area contributed by atoms with Gasteiger partial charge in [-0.15, -0.1) is 0 Å². The monoisotopic (exact) mass is 230 g/mol. The molecule has 0 aliphatic heterocycles. The highest BCUT2D eigenvalue weighted by Crippen LogP contribution is 2.34. The maximum Gasteiger partial charge on any atom is 0.159 e. The molecule has 2 aromatic rings. The number of fused-ring (bicyclic) bond motifs is 1. The lowest BCUT2D eigenvalue weighted by Gasteiger charge is -2.32. The van der Waals surface area contributed by atoms with E-state index in [1.54, 1.807) is 6.20 Å². The zero-order chi connectivity index (χ0) is 11.9. The third kappa shape index (κ3) is 1.63. The van der Waals surface area contributed by atoms with Crippen molar-refractivity contribution in [1.29, 1.82) is 0 Å². The maximum absolute atomic E-state index is 6.53. The molecule has 1 fully saturated rings. The van der Waals surface area contributed by atoms with Crippen molar-refractivity contribution in [2.24, 2.45) is 12.8 Å². The fourth-order valence-corrected chi connectivity index (χ4v) is 2.88. The number of nitrogens with zero attached hydrogens (tertiary/aromatic N) is 3. The van der Waals surface area contributed by atoms with Gasteiger partial charge in [0, 0.05) is 13.2 Å². The van der Waals surface area contributed by atoms with Crippen LogP contribution >= 0.6 is 0 Å². The Balaban J connectivity index is 2.13. The zero-order valence-electron chi connectivity index (χ0n) is 10.2. The van der Waals surface area contributed by atoms with Gasteiger partial charge in [0.25, 0.3) is 0 Å². The summed E-state index contributed by atoms with van der Waals surface area (Å²) in [5.74, 6) is 0.992. The van der Waals surface area contributed by atoms with Crippen LogP contribution in [0.2, 0.25) is 0 Å². The largest absolute Gasteiger partial charge is 0.319 e. The number of hydrogen-bond donors (Lipinski definition) is 1. The van der Waals surface area contributed by atoms with E-state index < -0.39 is 0 Å². The number of rotatable bonds is 1. The van der Waals surface area contributed by atoms with Gasteiger partial charge in [0.2, 0.25) is 0 Å². The van der Waals surface area contributed by atoms with E-state index in [0.717, 1.165) is 29.8 Å². The van der Waals surface area contributed by atoms with Crippen LogP contribution in [0.15, 0.2) is 18.3 Å². The Bertz CT molecular complexity index is 537. The van der Waals surface area contributed by atoms with Gasteiger partial charge in [0.15, 0.2) is 5.65 Å². The summed E-state index contributed by atoms with van der Waals surface area (Å²) in [7, 11) is 2.01. The van der Waals surface area contributed by atoms with E-state index in [1.165, 1.54) is 19.3 Å². The molecule has 90 valence electrons. The number of aromatic nitrogens is 3. The number of imidazole rings is 1. The minimum atomic E-state index is -0.256. The van der Waals surface area contributed by atoms with Gasteiger partial charge in [0.1, 0.15) is 11.3 Å². The van der Waals surface area contributed by atoms with Crippen LogP contribution in [-0.4, -0.2) is 14.5 Å². The molecule has 3 rings (SSSR count). The van der Waals surface area contributed by atoms with Crippen molar-refractivity contribution in [2.75, 3.05) is 0 Å². The molecule has 0 unspecified atom stereocenters. The first-order valence-electron chi connectivity index (χ1n) is 6.27. The molecule has 0 aromatic carbocycles. The molecule has 0 saturated heterocycles. The summed E-state index contributed by atoms with van der Waals surface area (Å²) < 4.78 is 2.06. The van der Waals surface area contributed by atoms with Crippen molar-refractivity contribution < 1.29 is 0 Å². The van der Waals surface area contributed by atoms with Crippen LogP contribution in [0.25, 0.3) is 11.2 Å². The molecule has 0 amide bonds. The number of hydrogen-bond acceptors (Lipinski definition) is 3. The van der Waals surface area contributed by atoms with Gasteiger partial charge in [-0.1, -0.05) is 19.3 Å². The van der Waals surface area contributed by atoms with E-state index in [0.29, 0.717) is 0 Å². The van der Waals surface area contributed by atoms with Gasteiger partial charge in [-0.2, -0.15) is 0 Å². The van der Waals surface area contributed by atoms with Crippen molar-refractivity contribution in [3.63, 3.8) is 0 Å². The van der Waals surface area contributed by atoms with Crippen LogP contribution < -0.4 is 5.73 Å². The molecule has 2 heterocycles. The van der Waals surface area contributed by atoms with Crippen molar-refractivity contribution in [2.45, 2.75) is 37.6 Å². The molecular formula is C13H18N4. The quantitative estimate of drug-likeness (QED) is 0.816. The molecule has 1 aliphatic rings. The van der Waals surface area contributed by atoms with Gasteiger partial charge in [-0.3, -0.25) is 0 Å². The summed E-state index contributed by atoms with van der Waals surface area (Å²) in [4.78, 5) is 9.06. The number of nitrogens with two attached hydrogens (primary N) is 1. The minimum absolute atomic E-state index is 0.256. The predicted molar refractivity (Wildman–Crippen MR) is 67.5 cm³/mol. The Kier molecular flexibility index (Phi) is 2.40. The molecule has 2 aromatic heterocycles. The second-order valence-electron chi connectivity index (χ2n) is 5.06. The lowest BCUT2D eigenvalue weighted by atomic mass is 9.82. The number of pyridine rings is 1. The predicted octanol–water partition coefficient (Wildman–Crippen LogP) is 2.09. The molecular weight excluding hydrogens is 212 g/mol. The van der Waals surface area contributed by atoms with E-state index in [1.807, 2.05) is 19.2 Å². The number of aryl methyl sites for hydroxylation is 1. The fraction of sp³-hybridized carbons (Fsp3) is 0.538. The molecule has 0 spiro atoms.